The summed E-state index contributed by atoms with van der Waals surface area (Å²) in [7, 11) is -7.61. The molecule has 1 aromatic carbocycles. The minimum atomic E-state index is -3.99. The molecular formula is C16H19N3O6S2. The van der Waals surface area contributed by atoms with E-state index >= 15 is 0 Å². The maximum Gasteiger partial charge on any atom is 0.289 e. The zero-order valence-electron chi connectivity index (χ0n) is 14.5. The molecule has 0 unspecified atom stereocenters. The molecule has 11 heteroatoms. The van der Waals surface area contributed by atoms with Crippen LogP contribution in [0.2, 0.25) is 0 Å². The number of primary sulfonamides is 1. The molecular weight excluding hydrogens is 394 g/mol. The van der Waals surface area contributed by atoms with E-state index in [1.54, 1.807) is 18.2 Å². The van der Waals surface area contributed by atoms with Crippen molar-refractivity contribution in [3.8, 4) is 0 Å². The van der Waals surface area contributed by atoms with Crippen molar-refractivity contribution in [2.24, 2.45) is 5.14 Å². The first kappa shape index (κ1) is 19.5. The maximum atomic E-state index is 12.6. The molecule has 27 heavy (non-hydrogen) atoms. The number of sulfonamides is 2. The van der Waals surface area contributed by atoms with Crippen LogP contribution in [-0.4, -0.2) is 58.1 Å². The number of benzene rings is 1. The van der Waals surface area contributed by atoms with Crippen LogP contribution in [0, 0.1) is 6.92 Å². The van der Waals surface area contributed by atoms with Crippen LogP contribution < -0.4 is 5.14 Å². The average Bonchev–Trinajstić information content (AvgIpc) is 3.04. The van der Waals surface area contributed by atoms with Gasteiger partial charge >= 0.3 is 0 Å². The number of aryl methyl sites for hydroxylation is 1. The van der Waals surface area contributed by atoms with Crippen LogP contribution >= 0.6 is 0 Å². The van der Waals surface area contributed by atoms with Crippen LogP contribution in [0.3, 0.4) is 0 Å². The fourth-order valence-electron chi connectivity index (χ4n) is 2.88. The Morgan fingerprint density at radius 1 is 1.04 bits per heavy atom. The molecule has 1 fully saturated rings. The van der Waals surface area contributed by atoms with E-state index in [9.17, 15) is 21.6 Å². The molecule has 2 aromatic rings. The summed E-state index contributed by atoms with van der Waals surface area (Å²) in [5.74, 6) is -0.619. The second kappa shape index (κ2) is 7.08. The standard InChI is InChI=1S/C16H19N3O6S2/c1-12-15(26(17,21)22)11-14(25-12)16(20)18-7-9-19(10-8-18)27(23,24)13-5-3-2-4-6-13/h2-6,11H,7-10H2,1H3,(H2,17,21,22). The summed E-state index contributed by atoms with van der Waals surface area (Å²) in [6.07, 6.45) is 0. The van der Waals surface area contributed by atoms with Gasteiger partial charge in [0.1, 0.15) is 10.7 Å². The summed E-state index contributed by atoms with van der Waals surface area (Å²) in [6, 6.07) is 9.17. The van der Waals surface area contributed by atoms with Crippen molar-refractivity contribution in [3.63, 3.8) is 0 Å². The highest BCUT2D eigenvalue weighted by Crippen LogP contribution is 2.22. The second-order valence-electron chi connectivity index (χ2n) is 6.09. The van der Waals surface area contributed by atoms with E-state index in [0.29, 0.717) is 0 Å². The molecule has 1 aliphatic heterocycles. The molecule has 3 rings (SSSR count). The van der Waals surface area contributed by atoms with Crippen molar-refractivity contribution in [3.05, 3.63) is 47.9 Å². The van der Waals surface area contributed by atoms with Gasteiger partial charge in [-0.2, -0.15) is 4.31 Å². The Hall–Kier alpha value is -2.21. The van der Waals surface area contributed by atoms with E-state index in [2.05, 4.69) is 0 Å². The zero-order valence-corrected chi connectivity index (χ0v) is 16.2. The number of carbonyl (C=O) groups excluding carboxylic acids is 1. The second-order valence-corrected chi connectivity index (χ2v) is 9.55. The minimum Gasteiger partial charge on any atom is -0.455 e. The summed E-state index contributed by atoms with van der Waals surface area (Å²) < 4.78 is 54.7. The lowest BCUT2D eigenvalue weighted by Crippen LogP contribution is -2.50. The number of rotatable bonds is 4. The minimum absolute atomic E-state index is 0.0335. The number of carbonyl (C=O) groups is 1. The van der Waals surface area contributed by atoms with E-state index in [1.165, 1.54) is 28.3 Å². The van der Waals surface area contributed by atoms with Crippen molar-refractivity contribution in [1.29, 1.82) is 0 Å². The molecule has 0 spiro atoms. The number of furan rings is 1. The van der Waals surface area contributed by atoms with Gasteiger partial charge in [-0.15, -0.1) is 0 Å². The molecule has 1 aromatic heterocycles. The van der Waals surface area contributed by atoms with Gasteiger partial charge in [0.25, 0.3) is 5.91 Å². The molecule has 1 aliphatic rings. The molecule has 0 radical (unpaired) electrons. The quantitative estimate of drug-likeness (QED) is 0.771. The van der Waals surface area contributed by atoms with E-state index < -0.39 is 26.0 Å². The highest BCUT2D eigenvalue weighted by atomic mass is 32.2. The number of hydrogen-bond donors (Lipinski definition) is 1. The van der Waals surface area contributed by atoms with E-state index in [0.717, 1.165) is 6.07 Å². The zero-order chi connectivity index (χ0) is 19.8. The van der Waals surface area contributed by atoms with Crippen molar-refractivity contribution in [2.45, 2.75) is 16.7 Å². The van der Waals surface area contributed by atoms with Crippen LogP contribution in [0.5, 0.6) is 0 Å². The maximum absolute atomic E-state index is 12.6. The van der Waals surface area contributed by atoms with Gasteiger partial charge < -0.3 is 9.32 Å². The molecule has 0 saturated carbocycles. The third-order valence-corrected chi connectivity index (χ3v) is 7.23. The monoisotopic (exact) mass is 413 g/mol. The molecule has 2 heterocycles. The molecule has 9 nitrogen and oxygen atoms in total. The van der Waals surface area contributed by atoms with Gasteiger partial charge in [0, 0.05) is 32.2 Å². The number of hydrogen-bond acceptors (Lipinski definition) is 6. The van der Waals surface area contributed by atoms with E-state index in [4.69, 9.17) is 9.56 Å². The average molecular weight is 413 g/mol. The molecule has 0 aliphatic carbocycles. The topological polar surface area (TPSA) is 131 Å². The highest BCUT2D eigenvalue weighted by molar-refractivity contribution is 7.89. The summed E-state index contributed by atoms with van der Waals surface area (Å²) in [6.45, 7) is 1.99. The number of amides is 1. The van der Waals surface area contributed by atoms with Crippen LogP contribution in [0.4, 0.5) is 0 Å². The Balaban J connectivity index is 1.72. The smallest absolute Gasteiger partial charge is 0.289 e. The van der Waals surface area contributed by atoms with Gasteiger partial charge in [-0.3, -0.25) is 4.79 Å². The molecule has 1 amide bonds. The Kier molecular flexibility index (Phi) is 5.12. The Morgan fingerprint density at radius 3 is 2.15 bits per heavy atom. The van der Waals surface area contributed by atoms with Gasteiger partial charge in [-0.05, 0) is 19.1 Å². The third kappa shape index (κ3) is 3.90. The summed E-state index contributed by atoms with van der Waals surface area (Å²) >= 11 is 0. The predicted octanol–water partition coefficient (Wildman–Crippen LogP) is 0.382. The van der Waals surface area contributed by atoms with Gasteiger partial charge in [0.2, 0.25) is 20.0 Å². The summed E-state index contributed by atoms with van der Waals surface area (Å²) in [5, 5.41) is 5.08. The van der Waals surface area contributed by atoms with Crippen molar-refractivity contribution in [1.82, 2.24) is 9.21 Å². The van der Waals surface area contributed by atoms with E-state index in [-0.39, 0.29) is 47.5 Å². The van der Waals surface area contributed by atoms with Gasteiger partial charge in [0.05, 0.1) is 4.90 Å². The van der Waals surface area contributed by atoms with E-state index in [1.807, 2.05) is 0 Å². The van der Waals surface area contributed by atoms with Crippen molar-refractivity contribution in [2.75, 3.05) is 26.2 Å². The fourth-order valence-corrected chi connectivity index (χ4v) is 5.04. The Labute approximate surface area is 157 Å². The van der Waals surface area contributed by atoms with Gasteiger partial charge in [-0.1, -0.05) is 18.2 Å². The molecule has 146 valence electrons. The first-order chi connectivity index (χ1) is 12.6. The predicted molar refractivity (Wildman–Crippen MR) is 95.9 cm³/mol. The van der Waals surface area contributed by atoms with Gasteiger partial charge in [-0.25, -0.2) is 22.0 Å². The SMILES string of the molecule is Cc1oc(C(=O)N2CCN(S(=O)(=O)c3ccccc3)CC2)cc1S(N)(=O)=O. The number of piperazine rings is 1. The number of nitrogens with two attached hydrogens (primary N) is 1. The first-order valence-corrected chi connectivity index (χ1v) is 11.1. The molecule has 1 saturated heterocycles. The molecule has 2 N–H and O–H groups in total. The van der Waals surface area contributed by atoms with Crippen LogP contribution in [0.15, 0.2) is 50.6 Å². The van der Waals surface area contributed by atoms with Crippen molar-refractivity contribution < 1.29 is 26.0 Å². The fraction of sp³-hybridized carbons (Fsp3) is 0.312. The van der Waals surface area contributed by atoms with Crippen LogP contribution in [0.1, 0.15) is 16.3 Å². The first-order valence-electron chi connectivity index (χ1n) is 8.08. The lowest BCUT2D eigenvalue weighted by Gasteiger charge is -2.33. The van der Waals surface area contributed by atoms with Gasteiger partial charge in [0.15, 0.2) is 5.76 Å². The highest BCUT2D eigenvalue weighted by Gasteiger charge is 2.32. The largest absolute Gasteiger partial charge is 0.455 e. The summed E-state index contributed by atoms with van der Waals surface area (Å²) in [4.78, 5) is 13.9. The normalized spacial score (nSPS) is 16.4. The Bertz CT molecular complexity index is 1050. The lowest BCUT2D eigenvalue weighted by atomic mass is 10.3. The Morgan fingerprint density at radius 2 is 1.63 bits per heavy atom. The number of nitrogens with zero attached hydrogens (tertiary/aromatic N) is 2. The third-order valence-electron chi connectivity index (χ3n) is 4.30. The van der Waals surface area contributed by atoms with Crippen molar-refractivity contribution >= 4 is 26.0 Å². The van der Waals surface area contributed by atoms with Crippen LogP contribution in [0.25, 0.3) is 0 Å². The lowest BCUT2D eigenvalue weighted by molar-refractivity contribution is 0.0664. The molecule has 0 bridgehead atoms. The van der Waals surface area contributed by atoms with Crippen LogP contribution in [-0.2, 0) is 20.0 Å². The molecule has 0 atom stereocenters. The summed E-state index contributed by atoms with van der Waals surface area (Å²) in [5.41, 5.74) is 0.